The quantitative estimate of drug-likeness (QED) is 0.520. The molecule has 2 atom stereocenters. The Bertz CT molecular complexity index is 205. The SMILES string of the molecule is CN=S1(=O)CCC(O)C1. The zero-order valence-electron chi connectivity index (χ0n) is 5.41. The van der Waals surface area contributed by atoms with E-state index in [0.29, 0.717) is 17.9 Å². The number of nitrogens with zero attached hydrogens (tertiary/aromatic N) is 1. The Morgan fingerprint density at radius 3 is 2.67 bits per heavy atom. The Labute approximate surface area is 55.3 Å². The minimum Gasteiger partial charge on any atom is -0.392 e. The van der Waals surface area contributed by atoms with E-state index in [-0.39, 0.29) is 6.10 Å². The Kier molecular flexibility index (Phi) is 1.77. The van der Waals surface area contributed by atoms with Crippen LogP contribution in [0.5, 0.6) is 0 Å². The number of hydrogen-bond acceptors (Lipinski definition) is 3. The van der Waals surface area contributed by atoms with Gasteiger partial charge in [-0.15, -0.1) is 0 Å². The van der Waals surface area contributed by atoms with Gasteiger partial charge in [0, 0.05) is 22.5 Å². The van der Waals surface area contributed by atoms with Crippen molar-refractivity contribution in [2.75, 3.05) is 18.6 Å². The van der Waals surface area contributed by atoms with Crippen LogP contribution in [-0.4, -0.2) is 34.0 Å². The number of rotatable bonds is 0. The van der Waals surface area contributed by atoms with Crippen LogP contribution in [0.3, 0.4) is 0 Å². The highest BCUT2D eigenvalue weighted by molar-refractivity contribution is 7.93. The van der Waals surface area contributed by atoms with E-state index in [1.807, 2.05) is 0 Å². The second kappa shape index (κ2) is 2.27. The van der Waals surface area contributed by atoms with E-state index >= 15 is 0 Å². The van der Waals surface area contributed by atoms with Crippen molar-refractivity contribution in [1.82, 2.24) is 0 Å². The van der Waals surface area contributed by atoms with Gasteiger partial charge in [0.25, 0.3) is 0 Å². The summed E-state index contributed by atoms with van der Waals surface area (Å²) < 4.78 is 15.0. The summed E-state index contributed by atoms with van der Waals surface area (Å²) in [7, 11) is -0.410. The molecule has 0 bridgehead atoms. The summed E-state index contributed by atoms with van der Waals surface area (Å²) >= 11 is 0. The third-order valence-electron chi connectivity index (χ3n) is 1.56. The van der Waals surface area contributed by atoms with Gasteiger partial charge in [-0.2, -0.15) is 0 Å². The third-order valence-corrected chi connectivity index (χ3v) is 4.00. The molecule has 1 N–H and O–H groups in total. The zero-order chi connectivity index (χ0) is 6.91. The maximum atomic E-state index is 11.2. The number of aliphatic hydroxyl groups is 1. The fraction of sp³-hybridized carbons (Fsp3) is 1.00. The minimum atomic E-state index is -1.97. The minimum absolute atomic E-state index is 0.374. The summed E-state index contributed by atoms with van der Waals surface area (Å²) in [5.41, 5.74) is 0. The molecule has 1 rings (SSSR count). The molecular weight excluding hydrogens is 138 g/mol. The Morgan fingerprint density at radius 1 is 1.78 bits per heavy atom. The number of aliphatic hydroxyl groups excluding tert-OH is 1. The molecule has 1 aliphatic heterocycles. The molecule has 1 saturated heterocycles. The summed E-state index contributed by atoms with van der Waals surface area (Å²) in [6.45, 7) is 0. The van der Waals surface area contributed by atoms with E-state index in [2.05, 4.69) is 4.36 Å². The van der Waals surface area contributed by atoms with Crippen LogP contribution in [0.15, 0.2) is 4.36 Å². The molecule has 0 saturated carbocycles. The van der Waals surface area contributed by atoms with E-state index in [1.165, 1.54) is 0 Å². The summed E-state index contributed by atoms with van der Waals surface area (Å²) in [6, 6.07) is 0. The van der Waals surface area contributed by atoms with Crippen LogP contribution in [0.2, 0.25) is 0 Å². The standard InChI is InChI=1S/C5H11NO2S/c1-6-9(8)3-2-5(7)4-9/h5,7H,2-4H2,1H3. The Morgan fingerprint density at radius 2 is 2.44 bits per heavy atom. The summed E-state index contributed by atoms with van der Waals surface area (Å²) in [4.78, 5) is 0. The molecule has 1 aliphatic rings. The predicted octanol–water partition coefficient (Wildman–Crippen LogP) is -0.151. The average molecular weight is 149 g/mol. The third kappa shape index (κ3) is 1.43. The van der Waals surface area contributed by atoms with Crippen LogP contribution in [0, 0.1) is 0 Å². The van der Waals surface area contributed by atoms with Crippen LogP contribution >= 0.6 is 0 Å². The lowest BCUT2D eigenvalue weighted by atomic mass is 10.3. The van der Waals surface area contributed by atoms with Gasteiger partial charge in [-0.3, -0.25) is 0 Å². The molecular formula is C5H11NO2S. The van der Waals surface area contributed by atoms with Crippen molar-refractivity contribution < 1.29 is 9.32 Å². The van der Waals surface area contributed by atoms with Crippen LogP contribution in [0.1, 0.15) is 6.42 Å². The summed E-state index contributed by atoms with van der Waals surface area (Å²) in [5, 5.41) is 8.96. The van der Waals surface area contributed by atoms with Crippen LogP contribution in [0.25, 0.3) is 0 Å². The molecule has 0 aromatic rings. The summed E-state index contributed by atoms with van der Waals surface area (Å²) in [6.07, 6.45) is 0.275. The molecule has 4 heteroatoms. The first-order valence-electron chi connectivity index (χ1n) is 2.95. The van der Waals surface area contributed by atoms with Crippen LogP contribution < -0.4 is 0 Å². The van der Waals surface area contributed by atoms with E-state index in [1.54, 1.807) is 7.05 Å². The maximum absolute atomic E-state index is 11.2. The Hall–Kier alpha value is -0.0900. The molecule has 1 fully saturated rings. The molecule has 9 heavy (non-hydrogen) atoms. The predicted molar refractivity (Wildman–Crippen MR) is 36.9 cm³/mol. The van der Waals surface area contributed by atoms with E-state index < -0.39 is 9.73 Å². The fourth-order valence-electron chi connectivity index (χ4n) is 0.953. The molecule has 1 heterocycles. The smallest absolute Gasteiger partial charge is 0.0673 e. The van der Waals surface area contributed by atoms with Crippen molar-refractivity contribution in [1.29, 1.82) is 0 Å². The van der Waals surface area contributed by atoms with Crippen molar-refractivity contribution in [3.8, 4) is 0 Å². The lowest BCUT2D eigenvalue weighted by Crippen LogP contribution is -2.07. The first kappa shape index (κ1) is 7.02. The normalized spacial score (nSPS) is 43.1. The van der Waals surface area contributed by atoms with E-state index in [0.717, 1.165) is 0 Å². The molecule has 3 nitrogen and oxygen atoms in total. The first-order chi connectivity index (χ1) is 4.16. The van der Waals surface area contributed by atoms with Gasteiger partial charge in [-0.05, 0) is 6.42 Å². The van der Waals surface area contributed by atoms with Crippen LogP contribution in [0.4, 0.5) is 0 Å². The highest BCUT2D eigenvalue weighted by atomic mass is 32.2. The lowest BCUT2D eigenvalue weighted by molar-refractivity contribution is 0.202. The highest BCUT2D eigenvalue weighted by Crippen LogP contribution is 2.12. The van der Waals surface area contributed by atoms with Crippen molar-refractivity contribution in [3.63, 3.8) is 0 Å². The molecule has 0 spiro atoms. The van der Waals surface area contributed by atoms with Crippen molar-refractivity contribution in [2.24, 2.45) is 4.36 Å². The maximum Gasteiger partial charge on any atom is 0.0673 e. The zero-order valence-corrected chi connectivity index (χ0v) is 6.23. The van der Waals surface area contributed by atoms with Gasteiger partial charge in [-0.1, -0.05) is 0 Å². The van der Waals surface area contributed by atoms with Gasteiger partial charge in [0.15, 0.2) is 0 Å². The topological polar surface area (TPSA) is 49.7 Å². The van der Waals surface area contributed by atoms with E-state index in [9.17, 15) is 4.21 Å². The second-order valence-corrected chi connectivity index (χ2v) is 4.92. The van der Waals surface area contributed by atoms with Gasteiger partial charge in [0.2, 0.25) is 0 Å². The van der Waals surface area contributed by atoms with Gasteiger partial charge in [0.1, 0.15) is 0 Å². The highest BCUT2D eigenvalue weighted by Gasteiger charge is 2.23. The van der Waals surface area contributed by atoms with Gasteiger partial charge in [-0.25, -0.2) is 8.57 Å². The second-order valence-electron chi connectivity index (χ2n) is 2.27. The average Bonchev–Trinajstić information content (AvgIpc) is 2.13. The van der Waals surface area contributed by atoms with Crippen molar-refractivity contribution >= 4 is 9.73 Å². The van der Waals surface area contributed by atoms with Crippen LogP contribution in [-0.2, 0) is 9.73 Å². The van der Waals surface area contributed by atoms with Gasteiger partial charge >= 0.3 is 0 Å². The van der Waals surface area contributed by atoms with Gasteiger partial charge in [0.05, 0.1) is 11.9 Å². The van der Waals surface area contributed by atoms with Gasteiger partial charge < -0.3 is 5.11 Å². The largest absolute Gasteiger partial charge is 0.392 e. The molecule has 54 valence electrons. The molecule has 0 amide bonds. The molecule has 0 aliphatic carbocycles. The van der Waals surface area contributed by atoms with E-state index in [4.69, 9.17) is 5.11 Å². The number of hydrogen-bond donors (Lipinski definition) is 1. The molecule has 0 aromatic carbocycles. The molecule has 2 unspecified atom stereocenters. The first-order valence-corrected chi connectivity index (χ1v) is 4.80. The fourth-order valence-corrected chi connectivity index (χ4v) is 2.86. The lowest BCUT2D eigenvalue weighted by Gasteiger charge is -1.95. The Balaban J connectivity index is 2.79. The summed E-state index contributed by atoms with van der Waals surface area (Å²) in [5.74, 6) is 0.953. The monoisotopic (exact) mass is 149 g/mol. The molecule has 0 aromatic heterocycles. The molecule has 0 radical (unpaired) electrons. The van der Waals surface area contributed by atoms with Crippen molar-refractivity contribution in [2.45, 2.75) is 12.5 Å². The van der Waals surface area contributed by atoms with Crippen molar-refractivity contribution in [3.05, 3.63) is 0 Å².